The quantitative estimate of drug-likeness (QED) is 0.0951. The average Bonchev–Trinajstić information content (AvgIpc) is 3.30. The molecular weight excluding hydrogens is 593 g/mol. The number of hydrogen-bond acceptors (Lipinski definition) is 6. The molecule has 4 rings (SSSR count). The minimum atomic E-state index is -1.80. The van der Waals surface area contributed by atoms with Crippen molar-refractivity contribution in [3.8, 4) is 0 Å². The topological polar surface area (TPSA) is 63.2 Å². The summed E-state index contributed by atoms with van der Waals surface area (Å²) >= 11 is 0. The summed E-state index contributed by atoms with van der Waals surface area (Å²) in [5.74, 6) is 2.23. The minimum absolute atomic E-state index is 0.0914. The van der Waals surface area contributed by atoms with Gasteiger partial charge in [-0.1, -0.05) is 52.3 Å². The Balaban J connectivity index is 1.53. The number of rotatable bonds is 11. The second-order valence-corrected chi connectivity index (χ2v) is 22.7. The summed E-state index contributed by atoms with van der Waals surface area (Å²) < 4.78 is 30.0. The first-order chi connectivity index (χ1) is 21.2. The Morgan fingerprint density at radius 2 is 1.74 bits per heavy atom. The fourth-order valence-electron chi connectivity index (χ4n) is 10.0. The van der Waals surface area contributed by atoms with Crippen molar-refractivity contribution >= 4 is 14.5 Å². The van der Waals surface area contributed by atoms with Crippen molar-refractivity contribution < 1.29 is 28.2 Å². The lowest BCUT2D eigenvalue weighted by Crippen LogP contribution is -2.54. The van der Waals surface area contributed by atoms with E-state index < -0.39 is 25.7 Å². The number of allylic oxidation sites excluding steroid dienone is 1. The number of fused-ring (bicyclic) bond motifs is 5. The highest BCUT2D eigenvalue weighted by molar-refractivity contribution is 6.74. The van der Waals surface area contributed by atoms with E-state index in [0.29, 0.717) is 36.9 Å². The van der Waals surface area contributed by atoms with Gasteiger partial charge in [-0.25, -0.2) is 4.79 Å². The van der Waals surface area contributed by atoms with Crippen molar-refractivity contribution in [2.45, 2.75) is 169 Å². The molecule has 6 nitrogen and oxygen atoms in total. The highest BCUT2D eigenvalue weighted by Crippen LogP contribution is 2.68. The van der Waals surface area contributed by atoms with Crippen LogP contribution in [0.2, 0.25) is 18.1 Å². The third-order valence-corrected chi connectivity index (χ3v) is 18.0. The van der Waals surface area contributed by atoms with Crippen LogP contribution in [-0.2, 0) is 23.4 Å². The predicted octanol–water partition coefficient (Wildman–Crippen LogP) is 10.6. The standard InChI is InChI=1S/C39H68O6Si/c1-14-42-27(2)43-36(6,7)22-15-23-39(10,44-34(40)41-11)33-19-18-31-30-17-16-28-26-29(45-46(12,13)35(3,4)5)20-24-37(28,8)32(30)21-25-38(31,33)9/h15-16,23,27,29-33H,14,17-22,24-26H2,1-13H3/b23-15-/t27?,29-,30-,31-,32-,33-,37-,38-,39+/m0/s1. The summed E-state index contributed by atoms with van der Waals surface area (Å²) in [6.07, 6.45) is 16.4. The molecule has 0 heterocycles. The third kappa shape index (κ3) is 7.53. The molecule has 0 bridgehead atoms. The van der Waals surface area contributed by atoms with Gasteiger partial charge in [0.05, 0.1) is 12.7 Å². The Morgan fingerprint density at radius 1 is 1.04 bits per heavy atom. The van der Waals surface area contributed by atoms with Crippen LogP contribution in [0.15, 0.2) is 23.8 Å². The summed E-state index contributed by atoms with van der Waals surface area (Å²) in [7, 11) is -0.393. The van der Waals surface area contributed by atoms with Crippen molar-refractivity contribution in [2.75, 3.05) is 13.7 Å². The Morgan fingerprint density at radius 3 is 2.37 bits per heavy atom. The molecule has 0 aliphatic heterocycles. The fourth-order valence-corrected chi connectivity index (χ4v) is 11.4. The van der Waals surface area contributed by atoms with E-state index in [9.17, 15) is 4.79 Å². The molecule has 264 valence electrons. The Labute approximate surface area is 282 Å². The second-order valence-electron chi connectivity index (χ2n) is 17.9. The van der Waals surface area contributed by atoms with Crippen LogP contribution in [0.4, 0.5) is 4.79 Å². The summed E-state index contributed by atoms with van der Waals surface area (Å²) in [6.45, 7) is 27.7. The maximum Gasteiger partial charge on any atom is 0.508 e. The van der Waals surface area contributed by atoms with Crippen LogP contribution in [0.5, 0.6) is 0 Å². The van der Waals surface area contributed by atoms with Gasteiger partial charge in [0.15, 0.2) is 14.6 Å². The maximum absolute atomic E-state index is 12.7. The highest BCUT2D eigenvalue weighted by atomic mass is 28.4. The second kappa shape index (κ2) is 13.6. The van der Waals surface area contributed by atoms with Crippen LogP contribution in [0.1, 0.15) is 127 Å². The van der Waals surface area contributed by atoms with Crippen LogP contribution in [0, 0.1) is 34.5 Å². The summed E-state index contributed by atoms with van der Waals surface area (Å²) in [5.41, 5.74) is 0.865. The molecule has 7 heteroatoms. The number of carbonyl (C=O) groups is 1. The van der Waals surface area contributed by atoms with Crippen molar-refractivity contribution in [3.63, 3.8) is 0 Å². The number of hydrogen-bond donors (Lipinski definition) is 0. The molecule has 3 fully saturated rings. The van der Waals surface area contributed by atoms with Gasteiger partial charge in [-0.2, -0.15) is 0 Å². The number of ether oxygens (including phenoxy) is 4. The van der Waals surface area contributed by atoms with E-state index in [-0.39, 0.29) is 28.1 Å². The predicted molar refractivity (Wildman–Crippen MR) is 189 cm³/mol. The van der Waals surface area contributed by atoms with Crippen LogP contribution in [0.25, 0.3) is 0 Å². The molecule has 0 aromatic heterocycles. The van der Waals surface area contributed by atoms with Crippen molar-refractivity contribution in [1.82, 2.24) is 0 Å². The third-order valence-electron chi connectivity index (χ3n) is 13.4. The van der Waals surface area contributed by atoms with E-state index in [0.717, 1.165) is 12.8 Å². The van der Waals surface area contributed by atoms with Crippen molar-refractivity contribution in [2.24, 2.45) is 34.5 Å². The molecule has 0 amide bonds. The molecule has 1 unspecified atom stereocenters. The molecule has 0 aromatic carbocycles. The Kier molecular flexibility index (Phi) is 11.2. The molecule has 9 atom stereocenters. The van der Waals surface area contributed by atoms with Gasteiger partial charge in [0.25, 0.3) is 0 Å². The van der Waals surface area contributed by atoms with Gasteiger partial charge >= 0.3 is 6.16 Å². The highest BCUT2D eigenvalue weighted by Gasteiger charge is 2.62. The van der Waals surface area contributed by atoms with E-state index in [4.69, 9.17) is 23.4 Å². The van der Waals surface area contributed by atoms with Crippen LogP contribution < -0.4 is 0 Å². The molecule has 3 saturated carbocycles. The molecule has 46 heavy (non-hydrogen) atoms. The van der Waals surface area contributed by atoms with E-state index in [1.165, 1.54) is 45.6 Å². The van der Waals surface area contributed by atoms with Gasteiger partial charge in [0.2, 0.25) is 0 Å². The molecule has 0 radical (unpaired) electrons. The summed E-state index contributed by atoms with van der Waals surface area (Å²) in [6, 6.07) is 0. The fraction of sp³-hybridized carbons (Fsp3) is 0.872. The molecule has 0 aromatic rings. The molecule has 0 saturated heterocycles. The number of carbonyl (C=O) groups excluding carboxylic acids is 1. The van der Waals surface area contributed by atoms with Gasteiger partial charge in [-0.15, -0.1) is 0 Å². The monoisotopic (exact) mass is 660 g/mol. The van der Waals surface area contributed by atoms with Gasteiger partial charge < -0.3 is 23.4 Å². The van der Waals surface area contributed by atoms with E-state index in [1.54, 1.807) is 5.57 Å². The van der Waals surface area contributed by atoms with Crippen molar-refractivity contribution in [3.05, 3.63) is 23.8 Å². The van der Waals surface area contributed by atoms with Crippen molar-refractivity contribution in [1.29, 1.82) is 0 Å². The molecular formula is C39H68O6Si. The zero-order chi connectivity index (χ0) is 34.3. The average molecular weight is 661 g/mol. The van der Waals surface area contributed by atoms with E-state index in [1.807, 2.05) is 13.8 Å². The normalized spacial score (nSPS) is 35.4. The lowest BCUT2D eigenvalue weighted by molar-refractivity contribution is -0.187. The van der Waals surface area contributed by atoms with E-state index in [2.05, 4.69) is 86.7 Å². The summed E-state index contributed by atoms with van der Waals surface area (Å²) in [5, 5.41) is 0.236. The first kappa shape index (κ1) is 37.7. The lowest BCUT2D eigenvalue weighted by Gasteiger charge is -2.59. The summed E-state index contributed by atoms with van der Waals surface area (Å²) in [4.78, 5) is 12.7. The smallest absolute Gasteiger partial charge is 0.438 e. The Bertz CT molecular complexity index is 1140. The van der Waals surface area contributed by atoms with Gasteiger partial charge in [0, 0.05) is 18.6 Å². The van der Waals surface area contributed by atoms with Gasteiger partial charge in [-0.05, 0) is 145 Å². The lowest BCUT2D eigenvalue weighted by atomic mass is 9.46. The zero-order valence-corrected chi connectivity index (χ0v) is 32.7. The molecule has 4 aliphatic rings. The first-order valence-electron chi connectivity index (χ1n) is 18.3. The number of methoxy groups -OCH3 is 1. The SMILES string of the molecule is CCOC(C)OC(C)(C)C/C=C\[C@@](C)(OC(=O)OC)[C@H]1CC[C@H]2[C@@H]3CC=C4C[C@@H](O[Si](C)(C)C(C)(C)C)CC[C@]4(C)[C@H]3CC[C@@]21C. The molecule has 4 aliphatic carbocycles. The largest absolute Gasteiger partial charge is 0.508 e. The Hall–Kier alpha value is -1.15. The maximum atomic E-state index is 12.7. The minimum Gasteiger partial charge on any atom is -0.438 e. The zero-order valence-electron chi connectivity index (χ0n) is 31.7. The van der Waals surface area contributed by atoms with Crippen LogP contribution in [-0.4, -0.2) is 51.8 Å². The van der Waals surface area contributed by atoms with Crippen LogP contribution in [0.3, 0.4) is 0 Å². The first-order valence-corrected chi connectivity index (χ1v) is 21.2. The van der Waals surface area contributed by atoms with E-state index >= 15 is 0 Å². The molecule has 0 N–H and O–H groups in total. The van der Waals surface area contributed by atoms with Gasteiger partial charge in [0.1, 0.15) is 5.60 Å². The van der Waals surface area contributed by atoms with Gasteiger partial charge in [-0.3, -0.25) is 0 Å². The molecule has 0 spiro atoms. The van der Waals surface area contributed by atoms with Crippen LogP contribution >= 0.6 is 0 Å².